The third-order valence-corrected chi connectivity index (χ3v) is 3.70. The molecule has 8 heteroatoms. The summed E-state index contributed by atoms with van der Waals surface area (Å²) < 4.78 is 0.608. The summed E-state index contributed by atoms with van der Waals surface area (Å²) in [5, 5.41) is 21.2. The molecule has 0 radical (unpaired) electrons. The van der Waals surface area contributed by atoms with Gasteiger partial charge in [0.05, 0.1) is 9.90 Å². The van der Waals surface area contributed by atoms with Gasteiger partial charge in [0, 0.05) is 23.9 Å². The highest BCUT2D eigenvalue weighted by Gasteiger charge is 2.22. The Labute approximate surface area is 133 Å². The van der Waals surface area contributed by atoms with Crippen LogP contribution in [0.2, 0.25) is 0 Å². The fourth-order valence-corrected chi connectivity index (χ4v) is 2.05. The van der Waals surface area contributed by atoms with E-state index < -0.39 is 17.9 Å². The number of aromatic hydroxyl groups is 1. The number of aromatic nitrogens is 2. The largest absolute Gasteiger partial charge is 0.507 e. The van der Waals surface area contributed by atoms with Crippen LogP contribution in [-0.2, 0) is 11.2 Å². The van der Waals surface area contributed by atoms with Crippen molar-refractivity contribution < 1.29 is 19.8 Å². The Kier molecular flexibility index (Phi) is 4.78. The van der Waals surface area contributed by atoms with Gasteiger partial charge in [-0.1, -0.05) is 0 Å². The molecule has 1 aromatic carbocycles. The molecule has 110 valence electrons. The maximum absolute atomic E-state index is 12.0. The van der Waals surface area contributed by atoms with Gasteiger partial charge in [0.25, 0.3) is 5.91 Å². The van der Waals surface area contributed by atoms with E-state index in [0.29, 0.717) is 9.26 Å². The quantitative estimate of drug-likeness (QED) is 0.561. The number of hydrogen-bond acceptors (Lipinski definition) is 4. The highest BCUT2D eigenvalue weighted by atomic mass is 127. The van der Waals surface area contributed by atoms with Crippen LogP contribution in [0.1, 0.15) is 16.1 Å². The van der Waals surface area contributed by atoms with E-state index in [0.717, 1.165) is 0 Å². The summed E-state index contributed by atoms with van der Waals surface area (Å²) in [5.74, 6) is -1.73. The number of nitrogens with zero attached hydrogens (tertiary/aromatic N) is 1. The van der Waals surface area contributed by atoms with Crippen molar-refractivity contribution in [1.82, 2.24) is 15.3 Å². The molecule has 0 fully saturated rings. The summed E-state index contributed by atoms with van der Waals surface area (Å²) in [6, 6.07) is 3.31. The van der Waals surface area contributed by atoms with Gasteiger partial charge in [-0.05, 0) is 40.8 Å². The van der Waals surface area contributed by atoms with E-state index in [1.807, 2.05) is 22.6 Å². The molecule has 7 nitrogen and oxygen atoms in total. The number of nitrogens with one attached hydrogen (secondary N) is 2. The Hall–Kier alpha value is -2.10. The van der Waals surface area contributed by atoms with Crippen LogP contribution < -0.4 is 5.32 Å². The lowest BCUT2D eigenvalue weighted by molar-refractivity contribution is -0.139. The average molecular weight is 401 g/mol. The number of rotatable bonds is 5. The number of carboxylic acid groups (broad SMARTS) is 1. The number of phenolic OH excluding ortho intramolecular Hbond substituents is 1. The van der Waals surface area contributed by atoms with Gasteiger partial charge in [0.1, 0.15) is 11.8 Å². The van der Waals surface area contributed by atoms with E-state index >= 15 is 0 Å². The molecule has 0 aliphatic rings. The first kappa shape index (κ1) is 15.3. The van der Waals surface area contributed by atoms with Crippen LogP contribution in [0.25, 0.3) is 0 Å². The second-order valence-electron chi connectivity index (χ2n) is 4.31. The van der Waals surface area contributed by atoms with Crippen molar-refractivity contribution in [3.8, 4) is 5.75 Å². The molecule has 0 bridgehead atoms. The number of halogens is 1. The second-order valence-corrected chi connectivity index (χ2v) is 5.47. The molecule has 2 rings (SSSR count). The number of amides is 1. The smallest absolute Gasteiger partial charge is 0.326 e. The van der Waals surface area contributed by atoms with Crippen molar-refractivity contribution in [3.05, 3.63) is 45.6 Å². The Morgan fingerprint density at radius 3 is 2.76 bits per heavy atom. The third-order valence-electron chi connectivity index (χ3n) is 2.79. The van der Waals surface area contributed by atoms with Gasteiger partial charge < -0.3 is 20.5 Å². The summed E-state index contributed by atoms with van der Waals surface area (Å²) in [6.07, 6.45) is 3.03. The number of aromatic amines is 1. The Bertz CT molecular complexity index is 657. The normalized spacial score (nSPS) is 11.9. The summed E-state index contributed by atoms with van der Waals surface area (Å²) >= 11 is 1.93. The van der Waals surface area contributed by atoms with Gasteiger partial charge in [0.2, 0.25) is 0 Å². The second kappa shape index (κ2) is 6.57. The van der Waals surface area contributed by atoms with Crippen LogP contribution in [-0.4, -0.2) is 38.1 Å². The molecular formula is C13H12IN3O4. The van der Waals surface area contributed by atoms with Crippen LogP contribution in [0, 0.1) is 3.57 Å². The maximum atomic E-state index is 12.0. The molecule has 1 atom stereocenters. The van der Waals surface area contributed by atoms with E-state index in [9.17, 15) is 14.7 Å². The number of carbonyl (C=O) groups is 2. The lowest BCUT2D eigenvalue weighted by Crippen LogP contribution is -2.42. The molecule has 0 aliphatic carbocycles. The number of aliphatic carboxylic acids is 1. The van der Waals surface area contributed by atoms with E-state index in [4.69, 9.17) is 5.11 Å². The average Bonchev–Trinajstić information content (AvgIpc) is 2.93. The van der Waals surface area contributed by atoms with E-state index in [-0.39, 0.29) is 17.7 Å². The van der Waals surface area contributed by atoms with Gasteiger partial charge in [-0.25, -0.2) is 9.78 Å². The van der Waals surface area contributed by atoms with Crippen LogP contribution in [0.15, 0.2) is 30.7 Å². The summed E-state index contributed by atoms with van der Waals surface area (Å²) in [7, 11) is 0. The topological polar surface area (TPSA) is 115 Å². The Morgan fingerprint density at radius 1 is 1.43 bits per heavy atom. The van der Waals surface area contributed by atoms with Crippen LogP contribution >= 0.6 is 22.6 Å². The van der Waals surface area contributed by atoms with E-state index in [1.165, 1.54) is 24.7 Å². The first-order valence-electron chi connectivity index (χ1n) is 5.97. The molecule has 1 heterocycles. The van der Waals surface area contributed by atoms with Crippen LogP contribution in [0.3, 0.4) is 0 Å². The molecule has 4 N–H and O–H groups in total. The molecule has 0 unspecified atom stereocenters. The molecular weight excluding hydrogens is 389 g/mol. The fourth-order valence-electron chi connectivity index (χ4n) is 1.71. The molecule has 0 aliphatic heterocycles. The van der Waals surface area contributed by atoms with Crippen molar-refractivity contribution >= 4 is 34.5 Å². The van der Waals surface area contributed by atoms with Gasteiger partial charge >= 0.3 is 5.97 Å². The molecule has 0 saturated carbocycles. The molecule has 1 amide bonds. The lowest BCUT2D eigenvalue weighted by atomic mass is 10.1. The van der Waals surface area contributed by atoms with E-state index in [1.54, 1.807) is 6.07 Å². The number of hydrogen-bond donors (Lipinski definition) is 4. The monoisotopic (exact) mass is 401 g/mol. The number of benzene rings is 1. The van der Waals surface area contributed by atoms with Crippen LogP contribution in [0.4, 0.5) is 0 Å². The highest BCUT2D eigenvalue weighted by molar-refractivity contribution is 14.1. The van der Waals surface area contributed by atoms with Crippen molar-refractivity contribution in [2.24, 2.45) is 0 Å². The number of imidazole rings is 1. The minimum Gasteiger partial charge on any atom is -0.507 e. The number of H-pyrrole nitrogens is 1. The number of phenols is 1. The first-order valence-corrected chi connectivity index (χ1v) is 7.04. The molecule has 0 saturated heterocycles. The zero-order valence-corrected chi connectivity index (χ0v) is 12.9. The van der Waals surface area contributed by atoms with E-state index in [2.05, 4.69) is 15.3 Å². The highest BCUT2D eigenvalue weighted by Crippen LogP contribution is 2.20. The Morgan fingerprint density at radius 2 is 2.19 bits per heavy atom. The minimum atomic E-state index is -1.15. The van der Waals surface area contributed by atoms with Crippen molar-refractivity contribution in [2.45, 2.75) is 12.5 Å². The molecule has 2 aromatic rings. The predicted molar refractivity (Wildman–Crippen MR) is 82.0 cm³/mol. The SMILES string of the molecule is O=C(N[C@H](Cc1cnc[nH]1)C(=O)O)c1ccc(I)c(O)c1. The van der Waals surface area contributed by atoms with Gasteiger partial charge in [-0.2, -0.15) is 0 Å². The van der Waals surface area contributed by atoms with Crippen LogP contribution in [0.5, 0.6) is 5.75 Å². The molecule has 21 heavy (non-hydrogen) atoms. The van der Waals surface area contributed by atoms with Gasteiger partial charge in [-0.3, -0.25) is 4.79 Å². The van der Waals surface area contributed by atoms with Crippen molar-refractivity contribution in [2.75, 3.05) is 0 Å². The molecule has 1 aromatic heterocycles. The number of carboxylic acids is 1. The first-order chi connectivity index (χ1) is 9.97. The zero-order chi connectivity index (χ0) is 15.4. The fraction of sp³-hybridized carbons (Fsp3) is 0.154. The summed E-state index contributed by atoms with van der Waals surface area (Å²) in [5.41, 5.74) is 0.803. The lowest BCUT2D eigenvalue weighted by Gasteiger charge is -2.14. The van der Waals surface area contributed by atoms with Gasteiger partial charge in [-0.15, -0.1) is 0 Å². The number of carbonyl (C=O) groups excluding carboxylic acids is 1. The Balaban J connectivity index is 2.10. The maximum Gasteiger partial charge on any atom is 0.326 e. The predicted octanol–water partition coefficient (Wildman–Crippen LogP) is 1.15. The van der Waals surface area contributed by atoms with Crippen molar-refractivity contribution in [1.29, 1.82) is 0 Å². The standard InChI is InChI=1S/C13H12IN3O4/c14-9-2-1-7(3-11(9)18)12(19)17-10(13(20)21)4-8-5-15-6-16-8/h1-3,5-6,10,18H,4H2,(H,15,16)(H,17,19)(H,20,21)/t10-/m1/s1. The summed E-state index contributed by atoms with van der Waals surface area (Å²) in [6.45, 7) is 0. The zero-order valence-electron chi connectivity index (χ0n) is 10.7. The summed E-state index contributed by atoms with van der Waals surface area (Å²) in [4.78, 5) is 29.8. The third kappa shape index (κ3) is 3.94. The van der Waals surface area contributed by atoms with Crippen molar-refractivity contribution in [3.63, 3.8) is 0 Å². The molecule has 0 spiro atoms. The van der Waals surface area contributed by atoms with Gasteiger partial charge in [0.15, 0.2) is 0 Å². The minimum absolute atomic E-state index is 0.0244.